The molecular weight excluding hydrogens is 444 g/mol. The molecule has 0 amide bonds. The van der Waals surface area contributed by atoms with E-state index >= 15 is 0 Å². The Morgan fingerprint density at radius 1 is 1.00 bits per heavy atom. The molecule has 1 aromatic carbocycles. The number of morpholine rings is 1. The smallest absolute Gasteiger partial charge is 0.227 e. The maximum atomic E-state index is 9.70. The second-order valence-corrected chi connectivity index (χ2v) is 8.57. The van der Waals surface area contributed by atoms with Crippen LogP contribution >= 0.6 is 0 Å². The molecule has 0 radical (unpaired) electrons. The number of rotatable bonds is 7. The van der Waals surface area contributed by atoms with Crippen LogP contribution in [-0.2, 0) is 16.0 Å². The van der Waals surface area contributed by atoms with Gasteiger partial charge in [0.1, 0.15) is 17.9 Å². The third-order valence-corrected chi connectivity index (χ3v) is 6.08. The predicted molar refractivity (Wildman–Crippen MR) is 130 cm³/mol. The fourth-order valence-corrected chi connectivity index (χ4v) is 4.19. The summed E-state index contributed by atoms with van der Waals surface area (Å²) in [5.74, 6) is 1.08. The summed E-state index contributed by atoms with van der Waals surface area (Å²) in [5, 5.41) is 13.0. The van der Waals surface area contributed by atoms with E-state index in [1.165, 1.54) is 0 Å². The Bertz CT molecular complexity index is 1190. The minimum absolute atomic E-state index is 0.0741. The number of hydrogen-bond acceptors (Lipinski definition) is 9. The fraction of sp³-hybridized carbons (Fsp3) is 0.385. The molecule has 2 aliphatic rings. The minimum Gasteiger partial charge on any atom is -0.489 e. The maximum absolute atomic E-state index is 9.70. The molecule has 35 heavy (non-hydrogen) atoms. The molecule has 2 saturated heterocycles. The summed E-state index contributed by atoms with van der Waals surface area (Å²) in [7, 11) is 0. The average molecular weight is 473 g/mol. The number of hydrogen-bond donors (Lipinski definition) is 1. The molecule has 0 saturated carbocycles. The first kappa shape index (κ1) is 23.2. The van der Waals surface area contributed by atoms with Crippen molar-refractivity contribution in [2.24, 2.45) is 0 Å². The van der Waals surface area contributed by atoms with Crippen molar-refractivity contribution in [2.45, 2.75) is 25.5 Å². The first-order valence-electron chi connectivity index (χ1n) is 11.9. The zero-order valence-corrected chi connectivity index (χ0v) is 19.5. The first-order chi connectivity index (χ1) is 17.3. The van der Waals surface area contributed by atoms with E-state index in [1.807, 2.05) is 36.4 Å². The van der Waals surface area contributed by atoms with Gasteiger partial charge in [-0.05, 0) is 36.4 Å². The van der Waals surface area contributed by atoms with E-state index in [4.69, 9.17) is 14.2 Å². The average Bonchev–Trinajstić information content (AvgIpc) is 2.90. The molecule has 1 N–H and O–H groups in total. The van der Waals surface area contributed by atoms with E-state index in [0.717, 1.165) is 68.3 Å². The Morgan fingerprint density at radius 2 is 1.80 bits per heavy atom. The van der Waals surface area contributed by atoms with Crippen molar-refractivity contribution >= 4 is 11.6 Å². The van der Waals surface area contributed by atoms with Crippen LogP contribution in [0.3, 0.4) is 0 Å². The molecule has 9 nitrogen and oxygen atoms in total. The predicted octanol–water partition coefficient (Wildman–Crippen LogP) is 3.54. The van der Waals surface area contributed by atoms with Crippen LogP contribution < -0.4 is 10.1 Å². The van der Waals surface area contributed by atoms with Crippen LogP contribution in [0.2, 0.25) is 0 Å². The highest BCUT2D eigenvalue weighted by molar-refractivity contribution is 5.65. The van der Waals surface area contributed by atoms with Gasteiger partial charge in [-0.15, -0.1) is 0 Å². The van der Waals surface area contributed by atoms with Crippen molar-refractivity contribution in [3.63, 3.8) is 0 Å². The van der Waals surface area contributed by atoms with Crippen LogP contribution in [0.15, 0.2) is 48.8 Å². The van der Waals surface area contributed by atoms with Crippen LogP contribution in [0, 0.1) is 11.3 Å². The summed E-state index contributed by atoms with van der Waals surface area (Å²) in [4.78, 5) is 15.9. The molecule has 5 rings (SSSR count). The number of pyridine rings is 1. The van der Waals surface area contributed by atoms with E-state index in [9.17, 15) is 5.26 Å². The van der Waals surface area contributed by atoms with Crippen LogP contribution in [0.25, 0.3) is 11.3 Å². The molecule has 0 aliphatic carbocycles. The summed E-state index contributed by atoms with van der Waals surface area (Å²) >= 11 is 0. The number of nitrogens with one attached hydrogen (secondary N) is 1. The highest BCUT2D eigenvalue weighted by Gasteiger charge is 2.18. The van der Waals surface area contributed by atoms with E-state index in [2.05, 4.69) is 31.2 Å². The van der Waals surface area contributed by atoms with Gasteiger partial charge in [0.25, 0.3) is 0 Å². The topological polar surface area (TPSA) is 105 Å². The Balaban J connectivity index is 1.29. The summed E-state index contributed by atoms with van der Waals surface area (Å²) in [5.41, 5.74) is 3.89. The molecule has 4 heterocycles. The maximum Gasteiger partial charge on any atom is 0.227 e. The SMILES string of the molecule is N#Cc1cc(-c2ccnc(Nc3ccnc(CN4CCOCC4)c3)n2)ccc1OC1CCOCC1. The molecule has 0 spiro atoms. The minimum atomic E-state index is 0.0741. The Morgan fingerprint density at radius 3 is 2.63 bits per heavy atom. The third kappa shape index (κ3) is 6.11. The van der Waals surface area contributed by atoms with Crippen molar-refractivity contribution in [2.75, 3.05) is 44.8 Å². The zero-order chi connectivity index (χ0) is 23.9. The molecule has 2 aliphatic heterocycles. The fourth-order valence-electron chi connectivity index (χ4n) is 4.19. The van der Waals surface area contributed by atoms with E-state index in [1.54, 1.807) is 12.4 Å². The number of nitrogens with zero attached hydrogens (tertiary/aromatic N) is 5. The molecule has 0 bridgehead atoms. The van der Waals surface area contributed by atoms with Crippen molar-refractivity contribution in [1.82, 2.24) is 19.9 Å². The number of anilines is 2. The van der Waals surface area contributed by atoms with Crippen molar-refractivity contribution in [3.05, 3.63) is 60.0 Å². The molecule has 2 aromatic heterocycles. The van der Waals surface area contributed by atoms with E-state index in [-0.39, 0.29) is 6.10 Å². The molecule has 0 atom stereocenters. The highest BCUT2D eigenvalue weighted by atomic mass is 16.5. The van der Waals surface area contributed by atoms with E-state index < -0.39 is 0 Å². The van der Waals surface area contributed by atoms with Gasteiger partial charge in [0.2, 0.25) is 5.95 Å². The summed E-state index contributed by atoms with van der Waals surface area (Å²) in [6, 6.07) is 13.6. The summed E-state index contributed by atoms with van der Waals surface area (Å²) in [6.07, 6.45) is 5.23. The second kappa shape index (κ2) is 11.2. The monoisotopic (exact) mass is 472 g/mol. The van der Waals surface area contributed by atoms with Crippen molar-refractivity contribution in [3.8, 4) is 23.1 Å². The lowest BCUT2D eigenvalue weighted by Gasteiger charge is -2.26. The normalized spacial score (nSPS) is 17.0. The van der Waals surface area contributed by atoms with Gasteiger partial charge in [-0.25, -0.2) is 9.97 Å². The first-order valence-corrected chi connectivity index (χ1v) is 11.9. The summed E-state index contributed by atoms with van der Waals surface area (Å²) in [6.45, 7) is 5.49. The molecule has 180 valence electrons. The molecule has 0 unspecified atom stereocenters. The zero-order valence-electron chi connectivity index (χ0n) is 19.5. The summed E-state index contributed by atoms with van der Waals surface area (Å²) < 4.78 is 16.9. The molecule has 2 fully saturated rings. The number of nitriles is 1. The Hall–Kier alpha value is -3.58. The van der Waals surface area contributed by atoms with Crippen LogP contribution in [-0.4, -0.2) is 65.5 Å². The van der Waals surface area contributed by atoms with Gasteiger partial charge < -0.3 is 19.5 Å². The van der Waals surface area contributed by atoms with Crippen LogP contribution in [0.5, 0.6) is 5.75 Å². The lowest BCUT2D eigenvalue weighted by molar-refractivity contribution is 0.0254. The molecule has 9 heteroatoms. The standard InChI is InChI=1S/C26H28N6O3/c27-17-20-15-19(1-2-25(20)35-23-5-11-33-12-6-23)24-4-8-29-26(31-24)30-21-3-7-28-22(16-21)18-32-9-13-34-14-10-32/h1-4,7-8,15-16,23H,5-6,9-14,18H2,(H,28,29,30,31). The van der Waals surface area contributed by atoms with Gasteiger partial charge in [-0.2, -0.15) is 5.26 Å². The number of benzene rings is 1. The van der Waals surface area contributed by atoms with Crippen molar-refractivity contribution in [1.29, 1.82) is 5.26 Å². The van der Waals surface area contributed by atoms with Gasteiger partial charge in [-0.1, -0.05) is 0 Å². The van der Waals surface area contributed by atoms with E-state index in [0.29, 0.717) is 30.5 Å². The Kier molecular flexibility index (Phi) is 7.44. The van der Waals surface area contributed by atoms with Gasteiger partial charge >= 0.3 is 0 Å². The lowest BCUT2D eigenvalue weighted by atomic mass is 10.1. The van der Waals surface area contributed by atoms with Gasteiger partial charge in [0.15, 0.2) is 0 Å². The largest absolute Gasteiger partial charge is 0.489 e. The third-order valence-electron chi connectivity index (χ3n) is 6.08. The lowest BCUT2D eigenvalue weighted by Crippen LogP contribution is -2.35. The molecular formula is C26H28N6O3. The van der Waals surface area contributed by atoms with Gasteiger partial charge in [0, 0.05) is 56.1 Å². The van der Waals surface area contributed by atoms with Crippen LogP contribution in [0.4, 0.5) is 11.6 Å². The van der Waals surface area contributed by atoms with Gasteiger partial charge in [-0.3, -0.25) is 9.88 Å². The number of ether oxygens (including phenoxy) is 3. The van der Waals surface area contributed by atoms with Crippen LogP contribution in [0.1, 0.15) is 24.1 Å². The van der Waals surface area contributed by atoms with Crippen molar-refractivity contribution < 1.29 is 14.2 Å². The number of aromatic nitrogens is 3. The molecule has 3 aromatic rings. The Labute approximate surface area is 204 Å². The van der Waals surface area contributed by atoms with Gasteiger partial charge in [0.05, 0.1) is 43.4 Å². The second-order valence-electron chi connectivity index (χ2n) is 8.57. The quantitative estimate of drug-likeness (QED) is 0.553. The highest BCUT2D eigenvalue weighted by Crippen LogP contribution is 2.28.